The van der Waals surface area contributed by atoms with Gasteiger partial charge in [-0.1, -0.05) is 109 Å². The molecular weight excluding hydrogens is 1710 g/mol. The highest BCUT2D eigenvalue weighted by Crippen LogP contribution is 2.60. The van der Waals surface area contributed by atoms with Crippen LogP contribution in [0.2, 0.25) is 0 Å². The van der Waals surface area contributed by atoms with Gasteiger partial charge in [-0.05, 0) is 167 Å². The van der Waals surface area contributed by atoms with Crippen LogP contribution in [0.3, 0.4) is 0 Å². The van der Waals surface area contributed by atoms with Gasteiger partial charge in [-0.2, -0.15) is 0 Å². The van der Waals surface area contributed by atoms with Crippen molar-refractivity contribution in [1.29, 1.82) is 0 Å². The minimum absolute atomic E-state index is 0. The van der Waals surface area contributed by atoms with Crippen LogP contribution in [0.25, 0.3) is 43.2 Å². The van der Waals surface area contributed by atoms with Gasteiger partial charge in [0.05, 0.1) is 100 Å². The molecule has 6 fully saturated rings. The molecule has 6 heterocycles. The first-order valence-corrected chi connectivity index (χ1v) is 47.7. The molecule has 4 saturated carbocycles. The fourth-order valence-corrected chi connectivity index (χ4v) is 21.2. The van der Waals surface area contributed by atoms with E-state index in [1.807, 2.05) is 104 Å². The first-order valence-electron chi connectivity index (χ1n) is 42.9. The van der Waals surface area contributed by atoms with Gasteiger partial charge in [0.15, 0.2) is 11.6 Å². The number of esters is 2. The molecule has 0 bridgehead atoms. The lowest BCUT2D eigenvalue weighted by Crippen LogP contribution is -2.52. The Morgan fingerprint density at radius 3 is 1.31 bits per heavy atom. The number of amides is 3. The summed E-state index contributed by atoms with van der Waals surface area (Å²) in [7, 11) is -4.60. The molecule has 6 aromatic rings. The summed E-state index contributed by atoms with van der Waals surface area (Å²) in [5.74, 6) is -3.70. The molecule has 2 aromatic carbocycles. The third kappa shape index (κ3) is 21.6. The number of pyridine rings is 2. The molecule has 4 aromatic heterocycles. The number of aromatic nitrogens is 4. The van der Waals surface area contributed by atoms with Crippen molar-refractivity contribution in [2.75, 3.05) is 27.3 Å². The van der Waals surface area contributed by atoms with Crippen LogP contribution in [0.4, 0.5) is 0 Å². The number of carbonyl (C=O) groups excluding carboxylic acids is 7. The number of nitrogens with zero attached hydrogens (tertiary/aromatic N) is 5. The van der Waals surface area contributed by atoms with Crippen LogP contribution in [-0.4, -0.2) is 166 Å². The van der Waals surface area contributed by atoms with Crippen molar-refractivity contribution in [3.8, 4) is 44.4 Å². The molecule has 10 atom stereocenters. The summed E-state index contributed by atoms with van der Waals surface area (Å²) in [5, 5.41) is 19.5. The van der Waals surface area contributed by atoms with E-state index in [-0.39, 0.29) is 74.6 Å². The standard InChI is InChI=1S/C47H64N4O9S2.C35H44N4O6S2.C12H22O4.ClH/c1-15-28-22-47(28,42(55)50-62(56,57)46(13)18-19-46)23-33(52)39-45(11,12)36(24-51(39)41(54)30(43(5,6)7)20-37(53)60-44(8,9)10)59-35-21-31(40-49-32(25-61-40)26(2)3)48-38-27(4)34(58-14)17-16-29(35)38;1-9-21-15-35(21,32(41)39-47(42,43)34(7)12-13-34)16-25(40)30-33(5,6)28(17-36-30)45-27-14-23(31-38-24(18-46-31)19(2)3)37-29-20(4)26(44-8)11-10-22(27)29;1-11(2,3)8(10(14)15)7-9(13)16-12(4,5)6;/h15-17,21,25-26,28,30,36,39H,1,18-20,22-24H2,2-14H3,(H,50,55);9-11,14,18-19,21,28,30,36H,1,12-13,15-17H2,2-8H3,(H,39,41);8H,7H2,1-6H3,(H,14,15);1H/t28-,30?,36+,39-,47-;21-,28+,30-,35-;;/m11../s1. The zero-order chi connectivity index (χ0) is 93.4. The van der Waals surface area contributed by atoms with Gasteiger partial charge in [-0.15, -0.1) is 48.2 Å². The molecule has 27 nitrogen and oxygen atoms in total. The number of nitrogens with one attached hydrogen (secondary N) is 3. The zero-order valence-corrected chi connectivity index (χ0v) is 82.1. The molecule has 4 aliphatic carbocycles. The van der Waals surface area contributed by atoms with Crippen molar-refractivity contribution in [3.63, 3.8) is 0 Å². The largest absolute Gasteiger partial charge is 0.496 e. The highest BCUT2D eigenvalue weighted by molar-refractivity contribution is 7.92. The summed E-state index contributed by atoms with van der Waals surface area (Å²) < 4.78 is 90.8. The summed E-state index contributed by atoms with van der Waals surface area (Å²) in [5.41, 5.74) is -0.472. The molecule has 0 radical (unpaired) electrons. The minimum Gasteiger partial charge on any atom is -0.496 e. The third-order valence-corrected chi connectivity index (χ3v) is 31.9. The van der Waals surface area contributed by atoms with Crippen molar-refractivity contribution < 1.29 is 88.7 Å². The van der Waals surface area contributed by atoms with Crippen LogP contribution < -0.4 is 33.7 Å². The van der Waals surface area contributed by atoms with E-state index in [1.54, 1.807) is 103 Å². The lowest BCUT2D eigenvalue weighted by molar-refractivity contribution is -0.162. The number of thiazole rings is 2. The number of hydrogen-bond donors (Lipinski definition) is 4. The maximum Gasteiger partial charge on any atom is 0.307 e. The third-order valence-electron chi connectivity index (χ3n) is 25.8. The van der Waals surface area contributed by atoms with Gasteiger partial charge in [0, 0.05) is 75.0 Å². The van der Waals surface area contributed by atoms with Gasteiger partial charge >= 0.3 is 17.9 Å². The van der Waals surface area contributed by atoms with E-state index in [1.165, 1.54) is 27.6 Å². The predicted molar refractivity (Wildman–Crippen MR) is 492 cm³/mol. The van der Waals surface area contributed by atoms with Gasteiger partial charge in [0.2, 0.25) is 37.8 Å². The van der Waals surface area contributed by atoms with Crippen molar-refractivity contribution >= 4 is 124 Å². The van der Waals surface area contributed by atoms with Crippen LogP contribution in [0.5, 0.6) is 23.0 Å². The number of allylic oxidation sites excluding steroid dienone is 2. The lowest BCUT2D eigenvalue weighted by Gasteiger charge is -2.38. The van der Waals surface area contributed by atoms with Gasteiger partial charge < -0.3 is 43.7 Å². The van der Waals surface area contributed by atoms with Gasteiger partial charge in [-0.3, -0.25) is 47.8 Å². The Kier molecular flexibility index (Phi) is 29.6. The number of methoxy groups -OCH3 is 2. The summed E-state index contributed by atoms with van der Waals surface area (Å²) in [6.45, 7) is 52.9. The Balaban J connectivity index is 0.000000247. The van der Waals surface area contributed by atoms with Crippen molar-refractivity contribution in [2.45, 2.75) is 287 Å². The van der Waals surface area contributed by atoms with E-state index in [0.717, 1.165) is 44.2 Å². The number of likely N-dealkylation sites (tertiary alicyclic amines) is 1. The number of benzene rings is 2. The molecule has 4 N–H and O–H groups in total. The van der Waals surface area contributed by atoms with Crippen LogP contribution in [0.15, 0.2) is 72.5 Å². The predicted octanol–water partition coefficient (Wildman–Crippen LogP) is 16.9. The van der Waals surface area contributed by atoms with Gasteiger partial charge in [-0.25, -0.2) is 36.8 Å². The topological polar surface area (TPSA) is 371 Å². The summed E-state index contributed by atoms with van der Waals surface area (Å²) in [6.07, 6.45) is 3.84. The van der Waals surface area contributed by atoms with Gasteiger partial charge in [0.25, 0.3) is 0 Å². The molecule has 12 rings (SSSR count). The highest BCUT2D eigenvalue weighted by atomic mass is 35.5. The monoisotopic (exact) mass is 1840 g/mol. The lowest BCUT2D eigenvalue weighted by atomic mass is 9.75. The van der Waals surface area contributed by atoms with E-state index < -0.39 is 157 Å². The Hall–Kier alpha value is -8.49. The van der Waals surface area contributed by atoms with E-state index in [2.05, 4.69) is 61.0 Å². The second kappa shape index (κ2) is 36.8. The molecule has 2 saturated heterocycles. The zero-order valence-electron chi connectivity index (χ0n) is 78.0. The first kappa shape index (κ1) is 101. The van der Waals surface area contributed by atoms with Gasteiger partial charge in [0.1, 0.15) is 67.8 Å². The van der Waals surface area contributed by atoms with Crippen LogP contribution in [0.1, 0.15) is 251 Å². The number of ether oxygens (including phenoxy) is 6. The number of rotatable bonds is 30. The van der Waals surface area contributed by atoms with E-state index in [0.29, 0.717) is 83.2 Å². The average Bonchev–Trinajstić information content (AvgIpc) is 1.56. The van der Waals surface area contributed by atoms with Crippen LogP contribution in [-0.2, 0) is 67.9 Å². The Morgan fingerprint density at radius 2 is 0.968 bits per heavy atom. The second-order valence-corrected chi connectivity index (χ2v) is 47.5. The number of carbonyl (C=O) groups is 8. The second-order valence-electron chi connectivity index (χ2n) is 41.4. The molecule has 6 aliphatic rings. The fourth-order valence-electron chi connectivity index (χ4n) is 16.6. The number of hydrogen-bond acceptors (Lipinski definition) is 25. The molecule has 2 aliphatic heterocycles. The van der Waals surface area contributed by atoms with E-state index >= 15 is 9.59 Å². The van der Waals surface area contributed by atoms with E-state index in [9.17, 15) is 45.6 Å². The number of halogens is 1. The molecular formula is C94H131ClN8O19S4. The number of sulfonamides is 2. The van der Waals surface area contributed by atoms with Crippen molar-refractivity contribution in [2.24, 2.45) is 56.2 Å². The van der Waals surface area contributed by atoms with Crippen molar-refractivity contribution in [3.05, 3.63) is 95.0 Å². The number of carboxylic acids is 1. The summed E-state index contributed by atoms with van der Waals surface area (Å²) >= 11 is 3.02. The maximum atomic E-state index is 15.2. The summed E-state index contributed by atoms with van der Waals surface area (Å²) in [6, 6.07) is 9.58. The number of fused-ring (bicyclic) bond motifs is 2. The van der Waals surface area contributed by atoms with Crippen molar-refractivity contribution in [1.82, 2.24) is 39.6 Å². The molecule has 126 heavy (non-hydrogen) atoms. The SMILES string of the molecule is C=C[C@@H]1C[C@]1(CC(=O)[C@H]1N(C(=O)C(CC(=O)OC(C)(C)C)C(C)(C)C)C[C@H](Oc2cc(-c3nc(C(C)C)cs3)nc3c(C)c(OC)ccc23)C1(C)C)C(=O)NS(=O)(=O)C1(C)CC1.C=C[C@@H]1C[C@]1(CC(=O)[C@H]1NC[C@H](Oc2cc(-c3nc(C(C)C)cs3)nc3c(C)c(OC)ccc23)C1(C)C)C(=O)NS(=O)(=O)C1(C)CC1.CC(C)(C)OC(=O)CC(C(=O)O)C(C)(C)C.Cl. The highest BCUT2D eigenvalue weighted by Gasteiger charge is 2.66. The minimum atomic E-state index is -4.00. The number of aryl methyl sites for hydroxylation is 2. The maximum absolute atomic E-state index is 15.2. The number of carboxylic acid groups (broad SMARTS) is 1. The fraction of sp³-hybridized carbons (Fsp3) is 0.617. The van der Waals surface area contributed by atoms with E-state index in [4.69, 9.17) is 53.5 Å². The van der Waals surface area contributed by atoms with Crippen LogP contribution >= 0.6 is 35.1 Å². The molecule has 32 heteroatoms. The Morgan fingerprint density at radius 1 is 0.579 bits per heavy atom. The van der Waals surface area contributed by atoms with Crippen LogP contribution in [0, 0.1) is 70.0 Å². The smallest absolute Gasteiger partial charge is 0.307 e. The average molecular weight is 1840 g/mol. The molecule has 2 unspecified atom stereocenters. The molecule has 0 spiro atoms. The molecule has 3 amide bonds. The molecule has 692 valence electrons. The Bertz CT molecular complexity index is 5450. The number of Topliss-reactive ketones (excluding diaryl/α,β-unsaturated/α-hetero) is 2. The number of aliphatic carboxylic acids is 1. The quantitative estimate of drug-likeness (QED) is 0.0240. The Labute approximate surface area is 757 Å². The normalized spacial score (nSPS) is 23.0. The summed E-state index contributed by atoms with van der Waals surface area (Å²) in [4.78, 5) is 129. The number of ketones is 2. The first-order chi connectivity index (χ1) is 57.6.